The zero-order valence-corrected chi connectivity index (χ0v) is 12.7. The number of alkyl halides is 1. The van der Waals surface area contributed by atoms with Crippen LogP contribution in [-0.4, -0.2) is 35.2 Å². The van der Waals surface area contributed by atoms with E-state index in [1.54, 1.807) is 24.3 Å². The Morgan fingerprint density at radius 1 is 1.15 bits per heavy atom. The van der Waals surface area contributed by atoms with Gasteiger partial charge in [-0.2, -0.15) is 0 Å². The molecule has 0 spiro atoms. The number of benzene rings is 1. The number of nitrogens with zero attached hydrogens (tertiary/aromatic N) is 1. The summed E-state index contributed by atoms with van der Waals surface area (Å²) >= 11 is 5.90. The average Bonchev–Trinajstić information content (AvgIpc) is 2.74. The van der Waals surface area contributed by atoms with E-state index in [1.165, 1.54) is 4.90 Å². The predicted octanol–water partition coefficient (Wildman–Crippen LogP) is 2.66. The number of hydrogen-bond acceptors (Lipinski definition) is 3. The van der Waals surface area contributed by atoms with Gasteiger partial charge in [-0.1, -0.05) is 26.0 Å². The molecule has 5 heteroatoms. The van der Waals surface area contributed by atoms with Gasteiger partial charge in [0.05, 0.1) is 11.1 Å². The van der Waals surface area contributed by atoms with E-state index in [2.05, 4.69) is 0 Å². The molecule has 1 atom stereocenters. The number of carbonyl (C=O) groups is 2. The summed E-state index contributed by atoms with van der Waals surface area (Å²) in [5.74, 6) is -0.427. The first-order valence-corrected chi connectivity index (χ1v) is 7.38. The summed E-state index contributed by atoms with van der Waals surface area (Å²) in [7, 11) is 0. The van der Waals surface area contributed by atoms with Crippen molar-refractivity contribution in [3.8, 4) is 0 Å². The molecular formula is C15H21ClN2O2. The summed E-state index contributed by atoms with van der Waals surface area (Å²) in [4.78, 5) is 25.3. The van der Waals surface area contributed by atoms with Gasteiger partial charge in [0.1, 0.15) is 0 Å². The van der Waals surface area contributed by atoms with E-state index in [1.807, 2.05) is 13.8 Å². The van der Waals surface area contributed by atoms with Gasteiger partial charge in [-0.05, 0) is 25.0 Å². The van der Waals surface area contributed by atoms with Crippen molar-refractivity contribution in [1.29, 1.82) is 0 Å². The Bertz CT molecular complexity index is 442. The fourth-order valence-corrected chi connectivity index (χ4v) is 2.19. The molecule has 1 aromatic carbocycles. The first-order chi connectivity index (χ1) is 9.65. The van der Waals surface area contributed by atoms with Gasteiger partial charge in [-0.25, -0.2) is 0 Å². The second-order valence-corrected chi connectivity index (χ2v) is 4.90. The Labute approximate surface area is 124 Å². The van der Waals surface area contributed by atoms with Crippen molar-refractivity contribution in [3.05, 3.63) is 35.4 Å². The van der Waals surface area contributed by atoms with E-state index in [-0.39, 0.29) is 17.2 Å². The van der Waals surface area contributed by atoms with E-state index in [0.29, 0.717) is 37.1 Å². The van der Waals surface area contributed by atoms with Gasteiger partial charge < -0.3 is 5.73 Å². The molecule has 1 aliphatic heterocycles. The molecule has 0 saturated heterocycles. The summed E-state index contributed by atoms with van der Waals surface area (Å²) in [6.07, 6.45) is 1.38. The molecular weight excluding hydrogens is 276 g/mol. The topological polar surface area (TPSA) is 63.4 Å². The molecule has 4 nitrogen and oxygen atoms in total. The van der Waals surface area contributed by atoms with Crippen molar-refractivity contribution in [2.75, 3.05) is 13.1 Å². The second kappa shape index (κ2) is 8.02. The smallest absolute Gasteiger partial charge is 0.261 e. The minimum Gasteiger partial charge on any atom is -0.329 e. The van der Waals surface area contributed by atoms with Crippen molar-refractivity contribution < 1.29 is 9.59 Å². The molecule has 1 aromatic rings. The lowest BCUT2D eigenvalue weighted by Crippen LogP contribution is -2.31. The number of hydrogen-bond donors (Lipinski definition) is 1. The van der Waals surface area contributed by atoms with Crippen molar-refractivity contribution in [2.45, 2.75) is 32.1 Å². The van der Waals surface area contributed by atoms with Crippen molar-refractivity contribution in [3.63, 3.8) is 0 Å². The molecule has 0 saturated carbocycles. The van der Waals surface area contributed by atoms with E-state index in [4.69, 9.17) is 17.3 Å². The van der Waals surface area contributed by atoms with Gasteiger partial charge in [0.15, 0.2) is 0 Å². The van der Waals surface area contributed by atoms with Gasteiger partial charge >= 0.3 is 0 Å². The molecule has 1 aliphatic rings. The molecule has 0 radical (unpaired) electrons. The third-order valence-corrected chi connectivity index (χ3v) is 3.43. The zero-order chi connectivity index (χ0) is 15.1. The van der Waals surface area contributed by atoms with Gasteiger partial charge in [-0.15, -0.1) is 11.6 Å². The van der Waals surface area contributed by atoms with Crippen LogP contribution in [0.2, 0.25) is 0 Å². The van der Waals surface area contributed by atoms with Crippen LogP contribution in [0.4, 0.5) is 0 Å². The van der Waals surface area contributed by atoms with Crippen LogP contribution in [0.1, 0.15) is 47.4 Å². The number of nitrogens with two attached hydrogens (primary N) is 1. The number of rotatable bonds is 5. The van der Waals surface area contributed by atoms with Crippen molar-refractivity contribution in [2.24, 2.45) is 5.73 Å². The molecule has 110 valence electrons. The Hall–Kier alpha value is -1.39. The van der Waals surface area contributed by atoms with Crippen molar-refractivity contribution >= 4 is 23.4 Å². The molecule has 0 bridgehead atoms. The fraction of sp³-hybridized carbons (Fsp3) is 0.467. The van der Waals surface area contributed by atoms with Crippen LogP contribution in [0.3, 0.4) is 0 Å². The maximum atomic E-state index is 12.0. The highest BCUT2D eigenvalue weighted by atomic mass is 35.5. The highest BCUT2D eigenvalue weighted by molar-refractivity contribution is 6.21. The predicted molar refractivity (Wildman–Crippen MR) is 81.1 cm³/mol. The third kappa shape index (κ3) is 3.58. The molecule has 1 heterocycles. The average molecular weight is 297 g/mol. The van der Waals surface area contributed by atoms with Crippen molar-refractivity contribution in [1.82, 2.24) is 4.90 Å². The molecule has 20 heavy (non-hydrogen) atoms. The Kier molecular flexibility index (Phi) is 6.68. The lowest BCUT2D eigenvalue weighted by atomic mass is 10.1. The Morgan fingerprint density at radius 2 is 1.65 bits per heavy atom. The summed E-state index contributed by atoms with van der Waals surface area (Å²) < 4.78 is 0. The van der Waals surface area contributed by atoms with E-state index >= 15 is 0 Å². The highest BCUT2D eigenvalue weighted by Crippen LogP contribution is 2.22. The molecule has 0 aromatic heterocycles. The second-order valence-electron chi connectivity index (χ2n) is 4.28. The maximum absolute atomic E-state index is 12.0. The standard InChI is InChI=1S/C13H15ClN2O2.C2H6/c14-9(8-15)4-3-7-16-12(17)10-5-1-2-6-11(10)13(16)18;1-2/h1-2,5-6,9H,3-4,7-8,15H2;1-2H3. The lowest BCUT2D eigenvalue weighted by Gasteiger charge is -2.14. The monoisotopic (exact) mass is 296 g/mol. The highest BCUT2D eigenvalue weighted by Gasteiger charge is 2.34. The van der Waals surface area contributed by atoms with Crippen LogP contribution in [0, 0.1) is 0 Å². The molecule has 0 aliphatic carbocycles. The molecule has 2 N–H and O–H groups in total. The normalized spacial score (nSPS) is 14.7. The SMILES string of the molecule is CC.NCC(Cl)CCCN1C(=O)c2ccccc2C1=O. The largest absolute Gasteiger partial charge is 0.329 e. The zero-order valence-electron chi connectivity index (χ0n) is 11.9. The summed E-state index contributed by atoms with van der Waals surface area (Å²) in [5.41, 5.74) is 6.39. The summed E-state index contributed by atoms with van der Waals surface area (Å²) in [6, 6.07) is 6.88. The van der Waals surface area contributed by atoms with Crippen LogP contribution in [-0.2, 0) is 0 Å². The van der Waals surface area contributed by atoms with Crippen LogP contribution in [0.15, 0.2) is 24.3 Å². The number of amides is 2. The first kappa shape index (κ1) is 16.7. The number of imide groups is 1. The van der Waals surface area contributed by atoms with Gasteiger partial charge in [0.25, 0.3) is 11.8 Å². The Morgan fingerprint density at radius 3 is 2.10 bits per heavy atom. The van der Waals surface area contributed by atoms with Crippen LogP contribution < -0.4 is 5.73 Å². The lowest BCUT2D eigenvalue weighted by molar-refractivity contribution is 0.0651. The molecule has 2 amide bonds. The van der Waals surface area contributed by atoms with E-state index < -0.39 is 0 Å². The minimum absolute atomic E-state index is 0.0971. The quantitative estimate of drug-likeness (QED) is 0.671. The van der Waals surface area contributed by atoms with Gasteiger partial charge in [0.2, 0.25) is 0 Å². The number of halogens is 1. The fourth-order valence-electron chi connectivity index (χ4n) is 2.03. The number of fused-ring (bicyclic) bond motifs is 1. The van der Waals surface area contributed by atoms with Crippen LogP contribution in [0.5, 0.6) is 0 Å². The Balaban J connectivity index is 0.000000956. The van der Waals surface area contributed by atoms with Gasteiger partial charge in [0, 0.05) is 18.5 Å². The van der Waals surface area contributed by atoms with Gasteiger partial charge in [-0.3, -0.25) is 14.5 Å². The molecule has 2 rings (SSSR count). The van der Waals surface area contributed by atoms with E-state index in [0.717, 1.165) is 0 Å². The number of carbonyl (C=O) groups excluding carboxylic acids is 2. The summed E-state index contributed by atoms with van der Waals surface area (Å²) in [6.45, 7) is 4.80. The third-order valence-electron chi connectivity index (χ3n) is 3.03. The van der Waals surface area contributed by atoms with Crippen LogP contribution in [0.25, 0.3) is 0 Å². The summed E-state index contributed by atoms with van der Waals surface area (Å²) in [5, 5.41) is -0.0971. The minimum atomic E-state index is -0.213. The maximum Gasteiger partial charge on any atom is 0.261 e. The molecule has 1 unspecified atom stereocenters. The van der Waals surface area contributed by atoms with E-state index in [9.17, 15) is 9.59 Å². The first-order valence-electron chi connectivity index (χ1n) is 6.94. The van der Waals surface area contributed by atoms with Crippen LogP contribution >= 0.6 is 11.6 Å². The molecule has 0 fully saturated rings.